The first-order chi connectivity index (χ1) is 19.4. The van der Waals surface area contributed by atoms with E-state index in [2.05, 4.69) is 15.6 Å². The molecule has 0 radical (unpaired) electrons. The van der Waals surface area contributed by atoms with Crippen LogP contribution in [0.4, 0.5) is 10.1 Å². The molecular formula is C30H35FN6O3S. The molecule has 2 atom stereocenters. The smallest absolute Gasteiger partial charge is 0.251 e. The van der Waals surface area contributed by atoms with E-state index in [-0.39, 0.29) is 17.9 Å². The van der Waals surface area contributed by atoms with E-state index in [0.29, 0.717) is 29.9 Å². The highest BCUT2D eigenvalue weighted by atomic mass is 32.2. The van der Waals surface area contributed by atoms with Crippen LogP contribution in [0.3, 0.4) is 0 Å². The molecule has 4 rings (SSSR count). The summed E-state index contributed by atoms with van der Waals surface area (Å²) < 4.78 is 41.5. The number of amides is 1. The Balaban J connectivity index is 1.71. The number of anilines is 1. The summed E-state index contributed by atoms with van der Waals surface area (Å²) >= 11 is 0. The van der Waals surface area contributed by atoms with Gasteiger partial charge in [0.05, 0.1) is 35.4 Å². The summed E-state index contributed by atoms with van der Waals surface area (Å²) in [5, 5.41) is 11.5. The minimum absolute atomic E-state index is 0.230. The Bertz CT molecular complexity index is 1600. The molecule has 0 spiro atoms. The average molecular weight is 579 g/mol. The van der Waals surface area contributed by atoms with Crippen LogP contribution in [0.1, 0.15) is 60.4 Å². The maximum atomic E-state index is 13.4. The van der Waals surface area contributed by atoms with Crippen molar-refractivity contribution in [2.75, 3.05) is 17.1 Å². The average Bonchev–Trinajstić information content (AvgIpc) is 3.43. The molecule has 1 heterocycles. The first kappa shape index (κ1) is 29.9. The monoisotopic (exact) mass is 578 g/mol. The van der Waals surface area contributed by atoms with Gasteiger partial charge in [0.2, 0.25) is 10.0 Å². The van der Waals surface area contributed by atoms with Crippen LogP contribution >= 0.6 is 0 Å². The summed E-state index contributed by atoms with van der Waals surface area (Å²) in [5.74, 6) is -0.797. The fraction of sp³-hybridized carbons (Fsp3) is 0.300. The molecule has 4 aromatic rings. The Morgan fingerprint density at radius 2 is 1.80 bits per heavy atom. The summed E-state index contributed by atoms with van der Waals surface area (Å²) in [5.41, 5.74) is 9.12. The number of aromatic nitrogens is 3. The van der Waals surface area contributed by atoms with Crippen molar-refractivity contribution in [3.05, 3.63) is 107 Å². The molecule has 9 nitrogen and oxygen atoms in total. The van der Waals surface area contributed by atoms with Gasteiger partial charge in [-0.25, -0.2) is 17.5 Å². The highest BCUT2D eigenvalue weighted by Gasteiger charge is 2.27. The lowest BCUT2D eigenvalue weighted by Crippen LogP contribution is -2.36. The van der Waals surface area contributed by atoms with E-state index in [1.54, 1.807) is 37.4 Å². The molecule has 1 unspecified atom stereocenters. The summed E-state index contributed by atoms with van der Waals surface area (Å²) in [6, 6.07) is 20.1. The Labute approximate surface area is 240 Å². The third-order valence-corrected chi connectivity index (χ3v) is 7.95. The minimum Gasteiger partial charge on any atom is -0.346 e. The van der Waals surface area contributed by atoms with Crippen LogP contribution in [0.5, 0.6) is 0 Å². The molecule has 0 saturated carbocycles. The zero-order chi connectivity index (χ0) is 29.8. The molecule has 3 aromatic carbocycles. The predicted octanol–water partition coefficient (Wildman–Crippen LogP) is 4.49. The Hall–Kier alpha value is -4.09. The molecule has 216 valence electrons. The van der Waals surface area contributed by atoms with Crippen molar-refractivity contribution < 1.29 is 17.6 Å². The second-order valence-corrected chi connectivity index (χ2v) is 12.4. The van der Waals surface area contributed by atoms with E-state index in [1.807, 2.05) is 44.2 Å². The molecule has 0 aliphatic carbocycles. The van der Waals surface area contributed by atoms with Gasteiger partial charge in [-0.2, -0.15) is 0 Å². The van der Waals surface area contributed by atoms with Gasteiger partial charge >= 0.3 is 0 Å². The van der Waals surface area contributed by atoms with Gasteiger partial charge in [0.1, 0.15) is 11.5 Å². The van der Waals surface area contributed by atoms with Crippen LogP contribution in [0.2, 0.25) is 0 Å². The van der Waals surface area contributed by atoms with Gasteiger partial charge in [-0.3, -0.25) is 9.10 Å². The van der Waals surface area contributed by atoms with E-state index < -0.39 is 27.5 Å². The molecule has 0 aliphatic heterocycles. The summed E-state index contributed by atoms with van der Waals surface area (Å²) in [4.78, 5) is 13.4. The molecule has 0 aliphatic rings. The molecule has 1 aromatic heterocycles. The van der Waals surface area contributed by atoms with Crippen LogP contribution < -0.4 is 15.4 Å². The van der Waals surface area contributed by atoms with Crippen molar-refractivity contribution in [3.8, 4) is 5.69 Å². The highest BCUT2D eigenvalue weighted by molar-refractivity contribution is 7.92. The molecule has 41 heavy (non-hydrogen) atoms. The zero-order valence-corrected chi connectivity index (χ0v) is 24.4. The number of carbonyl (C=O) groups is 1. The van der Waals surface area contributed by atoms with Crippen molar-refractivity contribution in [2.24, 2.45) is 5.73 Å². The molecular weight excluding hydrogens is 543 g/mol. The number of sulfonamides is 1. The van der Waals surface area contributed by atoms with Crippen LogP contribution in [-0.2, 0) is 22.0 Å². The van der Waals surface area contributed by atoms with Crippen molar-refractivity contribution in [1.29, 1.82) is 0 Å². The van der Waals surface area contributed by atoms with Gasteiger partial charge < -0.3 is 11.1 Å². The van der Waals surface area contributed by atoms with Gasteiger partial charge in [0, 0.05) is 12.1 Å². The number of rotatable bonds is 11. The molecule has 0 bridgehead atoms. The lowest BCUT2D eigenvalue weighted by molar-refractivity contribution is 0.0940. The quantitative estimate of drug-likeness (QED) is 0.270. The van der Waals surface area contributed by atoms with Crippen LogP contribution in [0.15, 0.2) is 79.0 Å². The van der Waals surface area contributed by atoms with Gasteiger partial charge in [-0.1, -0.05) is 54.6 Å². The van der Waals surface area contributed by atoms with Crippen molar-refractivity contribution in [1.82, 2.24) is 20.3 Å². The van der Waals surface area contributed by atoms with Crippen LogP contribution in [0.25, 0.3) is 5.69 Å². The van der Waals surface area contributed by atoms with Crippen molar-refractivity contribution >= 4 is 21.6 Å². The zero-order valence-electron chi connectivity index (χ0n) is 23.6. The molecule has 1 amide bonds. The summed E-state index contributed by atoms with van der Waals surface area (Å²) in [7, 11) is -3.64. The highest BCUT2D eigenvalue weighted by Crippen LogP contribution is 2.27. The van der Waals surface area contributed by atoms with Gasteiger partial charge in [-0.15, -0.1) is 5.10 Å². The standard InChI is InChI=1S/C30H35FN6O3S/c1-5-15-37(41(4,39)40)27-17-24(29(38)33-21(2)23-11-13-25(31)14-12-23)16-26(18-27)36-20-28(34-35-36)30(3,32)19-22-9-7-6-8-10-22/h6-14,16-18,20-21H,5,15,19,32H2,1-4H3,(H,33,38)/t21-,30?/m1/s1. The van der Waals surface area contributed by atoms with E-state index in [1.165, 1.54) is 27.2 Å². The van der Waals surface area contributed by atoms with E-state index in [0.717, 1.165) is 17.4 Å². The Morgan fingerprint density at radius 3 is 2.44 bits per heavy atom. The van der Waals surface area contributed by atoms with Crippen molar-refractivity contribution in [2.45, 2.75) is 45.2 Å². The topological polar surface area (TPSA) is 123 Å². The Kier molecular flexibility index (Phi) is 8.89. The largest absolute Gasteiger partial charge is 0.346 e. The number of nitrogens with two attached hydrogens (primary N) is 1. The molecule has 0 saturated heterocycles. The minimum atomic E-state index is -3.64. The number of carbonyl (C=O) groups excluding carboxylic acids is 1. The summed E-state index contributed by atoms with van der Waals surface area (Å²) in [6.07, 6.45) is 3.91. The van der Waals surface area contributed by atoms with E-state index in [4.69, 9.17) is 5.73 Å². The first-order valence-electron chi connectivity index (χ1n) is 13.3. The van der Waals surface area contributed by atoms with E-state index in [9.17, 15) is 17.6 Å². The number of hydrogen-bond donors (Lipinski definition) is 2. The van der Waals surface area contributed by atoms with Crippen LogP contribution in [-0.4, -0.2) is 42.1 Å². The van der Waals surface area contributed by atoms with E-state index >= 15 is 0 Å². The molecule has 3 N–H and O–H groups in total. The normalized spacial score (nSPS) is 13.8. The number of halogens is 1. The maximum absolute atomic E-state index is 13.4. The van der Waals surface area contributed by atoms with Gasteiger partial charge in [0.15, 0.2) is 0 Å². The summed E-state index contributed by atoms with van der Waals surface area (Å²) in [6.45, 7) is 5.76. The van der Waals surface area contributed by atoms with Crippen molar-refractivity contribution in [3.63, 3.8) is 0 Å². The number of nitrogens with one attached hydrogen (secondary N) is 1. The number of nitrogens with zero attached hydrogens (tertiary/aromatic N) is 4. The number of benzene rings is 3. The molecule has 11 heteroatoms. The predicted molar refractivity (Wildman–Crippen MR) is 158 cm³/mol. The second-order valence-electron chi connectivity index (χ2n) is 10.4. The SMILES string of the molecule is CCCN(c1cc(C(=O)N[C@H](C)c2ccc(F)cc2)cc(-n2cc(C(C)(N)Cc3ccccc3)nn2)c1)S(C)(=O)=O. The maximum Gasteiger partial charge on any atom is 0.251 e. The molecule has 0 fully saturated rings. The number of hydrogen-bond acceptors (Lipinski definition) is 6. The third kappa shape index (κ3) is 7.36. The lowest BCUT2D eigenvalue weighted by atomic mass is 9.91. The van der Waals surface area contributed by atoms with Gasteiger partial charge in [0.25, 0.3) is 5.91 Å². The second kappa shape index (κ2) is 12.2. The van der Waals surface area contributed by atoms with Gasteiger partial charge in [-0.05, 0) is 68.1 Å². The fourth-order valence-electron chi connectivity index (χ4n) is 4.57. The van der Waals surface area contributed by atoms with Crippen LogP contribution in [0, 0.1) is 5.82 Å². The lowest BCUT2D eigenvalue weighted by Gasteiger charge is -2.23. The third-order valence-electron chi connectivity index (χ3n) is 6.75. The fourth-order valence-corrected chi connectivity index (χ4v) is 5.57. The Morgan fingerprint density at radius 1 is 1.12 bits per heavy atom. The first-order valence-corrected chi connectivity index (χ1v) is 15.2.